The van der Waals surface area contributed by atoms with Crippen molar-refractivity contribution in [1.29, 1.82) is 0 Å². The lowest BCUT2D eigenvalue weighted by atomic mass is 10.0. The summed E-state index contributed by atoms with van der Waals surface area (Å²) >= 11 is 0. The van der Waals surface area contributed by atoms with E-state index in [1.54, 1.807) is 18.3 Å². The molecule has 0 aliphatic rings. The zero-order chi connectivity index (χ0) is 20.5. The van der Waals surface area contributed by atoms with Crippen molar-refractivity contribution in [2.75, 3.05) is 5.32 Å². The number of aryl methyl sites for hydroxylation is 2. The fourth-order valence-electron chi connectivity index (χ4n) is 3.02. The molecule has 0 unspecified atom stereocenters. The summed E-state index contributed by atoms with van der Waals surface area (Å²) in [5.41, 5.74) is 3.49. The van der Waals surface area contributed by atoms with E-state index in [0.29, 0.717) is 12.3 Å². The zero-order valence-electron chi connectivity index (χ0n) is 15.7. The number of pyridine rings is 2. The van der Waals surface area contributed by atoms with Gasteiger partial charge in [-0.1, -0.05) is 6.92 Å². The second kappa shape index (κ2) is 7.38. The van der Waals surface area contributed by atoms with Gasteiger partial charge in [-0.25, -0.2) is 18.7 Å². The van der Waals surface area contributed by atoms with Gasteiger partial charge in [0.05, 0.1) is 12.4 Å². The van der Waals surface area contributed by atoms with Crippen LogP contribution in [0, 0.1) is 18.6 Å². The highest BCUT2D eigenvalue weighted by molar-refractivity contribution is 6.04. The second-order valence-corrected chi connectivity index (χ2v) is 6.46. The fourth-order valence-corrected chi connectivity index (χ4v) is 3.02. The van der Waals surface area contributed by atoms with E-state index >= 15 is 0 Å². The maximum Gasteiger partial charge on any atom is 0.262 e. The Balaban J connectivity index is 1.60. The van der Waals surface area contributed by atoms with Crippen LogP contribution in [0.4, 0.5) is 14.6 Å². The van der Waals surface area contributed by atoms with Crippen LogP contribution < -0.4 is 5.32 Å². The molecule has 6 nitrogen and oxygen atoms in total. The monoisotopic (exact) mass is 394 g/mol. The number of oxazole rings is 1. The molecule has 0 atom stereocenters. The first-order valence-corrected chi connectivity index (χ1v) is 8.93. The van der Waals surface area contributed by atoms with Crippen LogP contribution in [0.5, 0.6) is 0 Å². The third-order valence-electron chi connectivity index (χ3n) is 4.48. The van der Waals surface area contributed by atoms with Crippen LogP contribution in [0.3, 0.4) is 0 Å². The quantitative estimate of drug-likeness (QED) is 0.543. The molecule has 0 aliphatic carbocycles. The number of hydrogen-bond donors (Lipinski definition) is 1. The van der Waals surface area contributed by atoms with Crippen LogP contribution >= 0.6 is 0 Å². The molecule has 3 aromatic heterocycles. The van der Waals surface area contributed by atoms with E-state index in [0.717, 1.165) is 40.2 Å². The number of fused-ring (bicyclic) bond motifs is 1. The number of hydrogen-bond acceptors (Lipinski definition) is 5. The normalized spacial score (nSPS) is 11.0. The lowest BCUT2D eigenvalue weighted by molar-refractivity contribution is 0.101. The molecule has 1 amide bonds. The van der Waals surface area contributed by atoms with Crippen molar-refractivity contribution in [3.63, 3.8) is 0 Å². The van der Waals surface area contributed by atoms with Crippen LogP contribution in [0.2, 0.25) is 0 Å². The summed E-state index contributed by atoms with van der Waals surface area (Å²) in [5.74, 6) is -2.18. The lowest BCUT2D eigenvalue weighted by Gasteiger charge is -2.08. The number of anilines is 1. The van der Waals surface area contributed by atoms with E-state index in [1.165, 1.54) is 0 Å². The Morgan fingerprint density at radius 1 is 1.14 bits per heavy atom. The molecule has 1 N–H and O–H groups in total. The Kier molecular flexibility index (Phi) is 4.75. The van der Waals surface area contributed by atoms with Crippen molar-refractivity contribution in [3.05, 3.63) is 71.5 Å². The summed E-state index contributed by atoms with van der Waals surface area (Å²) in [6.45, 7) is 3.92. The van der Waals surface area contributed by atoms with E-state index in [9.17, 15) is 13.6 Å². The van der Waals surface area contributed by atoms with Crippen molar-refractivity contribution in [1.82, 2.24) is 15.0 Å². The molecule has 3 heterocycles. The third kappa shape index (κ3) is 3.56. The maximum absolute atomic E-state index is 13.7. The third-order valence-corrected chi connectivity index (χ3v) is 4.48. The highest BCUT2D eigenvalue weighted by Crippen LogP contribution is 2.29. The van der Waals surface area contributed by atoms with Gasteiger partial charge in [-0.2, -0.15) is 0 Å². The maximum atomic E-state index is 13.7. The van der Waals surface area contributed by atoms with Crippen molar-refractivity contribution < 1.29 is 18.0 Å². The topological polar surface area (TPSA) is 80.9 Å². The number of benzene rings is 1. The van der Waals surface area contributed by atoms with Crippen LogP contribution in [0.15, 0.2) is 47.3 Å². The number of carbonyl (C=O) groups is 1. The van der Waals surface area contributed by atoms with Crippen molar-refractivity contribution in [3.8, 4) is 11.1 Å². The van der Waals surface area contributed by atoms with Gasteiger partial charge in [0.1, 0.15) is 16.9 Å². The Morgan fingerprint density at radius 3 is 2.55 bits per heavy atom. The van der Waals surface area contributed by atoms with Crippen LogP contribution in [-0.2, 0) is 6.42 Å². The molecule has 0 fully saturated rings. The van der Waals surface area contributed by atoms with E-state index in [4.69, 9.17) is 4.42 Å². The highest BCUT2D eigenvalue weighted by Gasteiger charge is 2.18. The molecule has 8 heteroatoms. The molecule has 0 spiro atoms. The Hall–Kier alpha value is -3.68. The van der Waals surface area contributed by atoms with E-state index in [-0.39, 0.29) is 5.82 Å². The highest BCUT2D eigenvalue weighted by atomic mass is 19.1. The molecule has 0 bridgehead atoms. The van der Waals surface area contributed by atoms with Gasteiger partial charge in [-0.15, -0.1) is 0 Å². The van der Waals surface area contributed by atoms with Gasteiger partial charge in [-0.3, -0.25) is 9.78 Å². The lowest BCUT2D eigenvalue weighted by Crippen LogP contribution is -2.16. The van der Waals surface area contributed by atoms with E-state index in [2.05, 4.69) is 20.3 Å². The van der Waals surface area contributed by atoms with Gasteiger partial charge >= 0.3 is 0 Å². The summed E-state index contributed by atoms with van der Waals surface area (Å²) in [6.07, 6.45) is 3.84. The van der Waals surface area contributed by atoms with Gasteiger partial charge in [0.25, 0.3) is 5.91 Å². The molecule has 146 valence electrons. The summed E-state index contributed by atoms with van der Waals surface area (Å²) in [5, 5.41) is 2.39. The van der Waals surface area contributed by atoms with Crippen LogP contribution in [-0.4, -0.2) is 20.9 Å². The zero-order valence-corrected chi connectivity index (χ0v) is 15.7. The predicted molar refractivity (Wildman–Crippen MR) is 103 cm³/mol. The van der Waals surface area contributed by atoms with Crippen molar-refractivity contribution in [2.45, 2.75) is 20.3 Å². The van der Waals surface area contributed by atoms with Crippen molar-refractivity contribution >= 4 is 22.8 Å². The van der Waals surface area contributed by atoms with Crippen LogP contribution in [0.25, 0.3) is 22.2 Å². The Labute approximate surface area is 164 Å². The molecule has 4 rings (SSSR count). The molecule has 4 aromatic rings. The van der Waals surface area contributed by atoms with E-state index < -0.39 is 23.1 Å². The summed E-state index contributed by atoms with van der Waals surface area (Å²) in [4.78, 5) is 24.2. The summed E-state index contributed by atoms with van der Waals surface area (Å²) < 4.78 is 33.1. The van der Waals surface area contributed by atoms with Gasteiger partial charge in [0.15, 0.2) is 23.1 Å². The molecular formula is C21H16F2N4O2. The molecule has 1 aromatic carbocycles. The molecule has 0 saturated carbocycles. The minimum atomic E-state index is -1.04. The minimum absolute atomic E-state index is 0.169. The smallest absolute Gasteiger partial charge is 0.262 e. The van der Waals surface area contributed by atoms with Gasteiger partial charge in [0, 0.05) is 18.2 Å². The minimum Gasteiger partial charge on any atom is -0.441 e. The Bertz CT molecular complexity index is 1200. The average Bonchev–Trinajstić information content (AvgIpc) is 3.10. The SMILES string of the molecule is CCc1nc2cc(-c3ccc(NC(=O)c4c(F)cncc4F)nc3)c(C)cc2o1. The number of nitrogens with zero attached hydrogens (tertiary/aromatic N) is 3. The number of rotatable bonds is 4. The molecule has 29 heavy (non-hydrogen) atoms. The summed E-state index contributed by atoms with van der Waals surface area (Å²) in [6, 6.07) is 7.16. The predicted octanol–water partition coefficient (Wildman–Crippen LogP) is 4.69. The number of carbonyl (C=O) groups excluding carboxylic acids is 1. The standard InChI is InChI=1S/C21H16F2N4O2/c1-3-19-26-16-7-13(11(2)6-17(16)29-19)12-4-5-18(25-8-12)27-21(28)20-14(22)9-24-10-15(20)23/h4-10H,3H2,1-2H3,(H,25,27,28). The first-order valence-electron chi connectivity index (χ1n) is 8.93. The first-order chi connectivity index (χ1) is 14.0. The Morgan fingerprint density at radius 2 is 1.90 bits per heavy atom. The van der Waals surface area contributed by atoms with Crippen molar-refractivity contribution in [2.24, 2.45) is 0 Å². The average molecular weight is 394 g/mol. The molecule has 0 aliphatic heterocycles. The first kappa shape index (κ1) is 18.7. The fraction of sp³-hybridized carbons (Fsp3) is 0.143. The number of amides is 1. The largest absolute Gasteiger partial charge is 0.441 e. The summed E-state index contributed by atoms with van der Waals surface area (Å²) in [7, 11) is 0. The van der Waals surface area contributed by atoms with Crippen LogP contribution in [0.1, 0.15) is 28.7 Å². The van der Waals surface area contributed by atoms with Gasteiger partial charge in [0.2, 0.25) is 0 Å². The molecular weight excluding hydrogens is 378 g/mol. The van der Waals surface area contributed by atoms with Gasteiger partial charge < -0.3 is 9.73 Å². The number of nitrogens with one attached hydrogen (secondary N) is 1. The number of aromatic nitrogens is 3. The molecule has 0 saturated heterocycles. The number of halogens is 2. The second-order valence-electron chi connectivity index (χ2n) is 6.46. The van der Waals surface area contributed by atoms with Gasteiger partial charge in [-0.05, 0) is 42.3 Å². The molecule has 0 radical (unpaired) electrons. The van der Waals surface area contributed by atoms with E-state index in [1.807, 2.05) is 26.0 Å².